The normalized spacial score (nSPS) is 19.2. The minimum Gasteiger partial charge on any atom is -0.480 e. The van der Waals surface area contributed by atoms with E-state index >= 15 is 0 Å². The molecular formula is C27H57N3O5. The zero-order valence-electron chi connectivity index (χ0n) is 23.2. The van der Waals surface area contributed by atoms with Crippen molar-refractivity contribution in [2.24, 2.45) is 5.92 Å². The number of hydrogen-bond donors (Lipinski definition) is 5. The average Bonchev–Trinajstić information content (AvgIpc) is 2.85. The van der Waals surface area contributed by atoms with Gasteiger partial charge in [0.2, 0.25) is 0 Å². The Morgan fingerprint density at radius 3 is 1.89 bits per heavy atom. The first-order chi connectivity index (χ1) is 16.9. The second-order valence-corrected chi connectivity index (χ2v) is 9.39. The fourth-order valence-corrected chi connectivity index (χ4v) is 3.88. The summed E-state index contributed by atoms with van der Waals surface area (Å²) in [5.41, 5.74) is 4.87. The molecular weight excluding hydrogens is 446 g/mol. The summed E-state index contributed by atoms with van der Waals surface area (Å²) in [4.78, 5) is 20.5. The number of rotatable bonds is 19. The summed E-state index contributed by atoms with van der Waals surface area (Å²) >= 11 is 0. The van der Waals surface area contributed by atoms with Crippen LogP contribution < -0.4 is 16.2 Å². The maximum atomic E-state index is 10.8. The molecule has 8 nitrogen and oxygen atoms in total. The van der Waals surface area contributed by atoms with E-state index in [9.17, 15) is 14.7 Å². The van der Waals surface area contributed by atoms with Crippen LogP contribution in [0.1, 0.15) is 110 Å². The Morgan fingerprint density at radius 2 is 1.46 bits per heavy atom. The van der Waals surface area contributed by atoms with E-state index in [1.807, 2.05) is 7.05 Å². The summed E-state index contributed by atoms with van der Waals surface area (Å²) in [6, 6.07) is 0. The lowest BCUT2D eigenvalue weighted by Gasteiger charge is -2.29. The smallest absolute Gasteiger partial charge is 0.318 e. The molecule has 0 aromatic rings. The summed E-state index contributed by atoms with van der Waals surface area (Å²) in [5.74, 6) is -0.879. The predicted octanol–water partition coefficient (Wildman–Crippen LogP) is 4.45. The number of aldehydes is 1. The van der Waals surface area contributed by atoms with Gasteiger partial charge in [-0.2, -0.15) is 0 Å². The van der Waals surface area contributed by atoms with Crippen molar-refractivity contribution < 1.29 is 24.5 Å². The number of hydrogen-bond acceptors (Lipinski definition) is 7. The third-order valence-corrected chi connectivity index (χ3v) is 5.92. The number of aliphatic carboxylic acids is 1. The summed E-state index contributed by atoms with van der Waals surface area (Å²) in [7, 11) is 3.60. The molecule has 8 heteroatoms. The number of ether oxygens (including phenoxy) is 1. The molecule has 0 radical (unpaired) electrons. The number of hydrazine groups is 1. The van der Waals surface area contributed by atoms with E-state index in [2.05, 4.69) is 30.0 Å². The molecule has 0 saturated heterocycles. The molecule has 210 valence electrons. The molecule has 3 unspecified atom stereocenters. The molecule has 0 aromatic heterocycles. The Labute approximate surface area is 215 Å². The van der Waals surface area contributed by atoms with Crippen molar-refractivity contribution in [2.45, 2.75) is 122 Å². The zero-order valence-corrected chi connectivity index (χ0v) is 23.2. The van der Waals surface area contributed by atoms with Crippen molar-refractivity contribution in [3.8, 4) is 0 Å². The van der Waals surface area contributed by atoms with Crippen molar-refractivity contribution in [1.29, 1.82) is 0 Å². The van der Waals surface area contributed by atoms with E-state index < -0.39 is 5.97 Å². The monoisotopic (exact) mass is 503 g/mol. The summed E-state index contributed by atoms with van der Waals surface area (Å²) in [5, 5.41) is 20.7. The molecule has 1 saturated carbocycles. The van der Waals surface area contributed by atoms with E-state index in [0.29, 0.717) is 12.8 Å². The van der Waals surface area contributed by atoms with Gasteiger partial charge in [0.15, 0.2) is 0 Å². The van der Waals surface area contributed by atoms with Gasteiger partial charge in [0, 0.05) is 12.5 Å². The van der Waals surface area contributed by atoms with E-state index in [4.69, 9.17) is 9.84 Å². The molecule has 0 bridgehead atoms. The first kappa shape index (κ1) is 36.1. The van der Waals surface area contributed by atoms with Crippen LogP contribution >= 0.6 is 0 Å². The van der Waals surface area contributed by atoms with Crippen LogP contribution in [0.15, 0.2) is 0 Å². The van der Waals surface area contributed by atoms with Gasteiger partial charge in [-0.15, -0.1) is 0 Å². The lowest BCUT2D eigenvalue weighted by Crippen LogP contribution is -2.32. The zero-order chi connectivity index (χ0) is 26.6. The summed E-state index contributed by atoms with van der Waals surface area (Å²) < 4.78 is 5.84. The second kappa shape index (κ2) is 29.2. The second-order valence-electron chi connectivity index (χ2n) is 9.39. The summed E-state index contributed by atoms with van der Waals surface area (Å²) in [6.45, 7) is 6.35. The van der Waals surface area contributed by atoms with Gasteiger partial charge in [0.1, 0.15) is 12.8 Å². The Kier molecular flexibility index (Phi) is 30.1. The summed E-state index contributed by atoms with van der Waals surface area (Å²) in [6.07, 6.45) is 18.7. The molecule has 5 N–H and O–H groups in total. The number of unbranched alkanes of at least 4 members (excludes halogenated alkanes) is 10. The first-order valence-corrected chi connectivity index (χ1v) is 14.0. The molecule has 1 fully saturated rings. The highest BCUT2D eigenvalue weighted by Gasteiger charge is 2.27. The van der Waals surface area contributed by atoms with Crippen LogP contribution in [0.5, 0.6) is 0 Å². The number of carboxylic acids is 1. The standard InChI is InChI=1S/C19H36O3.C5H13N.C3H8N2O2/c1-2-3-4-5-6-7-8-9-10-11-12-22-19-14-17(16-20)13-18(21)15-19;1-3-4-5-6-2;1-4-5-2-3(6)7/h16-19,21H,2-15H2,1H3;6H,3-5H2,1-2H3;4-5H,2H2,1H3,(H,6,7). The van der Waals surface area contributed by atoms with Gasteiger partial charge in [-0.25, -0.2) is 5.43 Å². The SMILES string of the molecule is CCCCCCCCCCCCOC1CC(O)CC(C=O)C1.CCCCNC.CNNCC(=O)O. The number of nitrogens with one attached hydrogen (secondary N) is 3. The molecule has 0 aromatic carbocycles. The Morgan fingerprint density at radius 1 is 0.886 bits per heavy atom. The van der Waals surface area contributed by atoms with Crippen LogP contribution in [0.2, 0.25) is 0 Å². The Hall–Kier alpha value is -1.06. The highest BCUT2D eigenvalue weighted by molar-refractivity contribution is 5.68. The molecule has 3 atom stereocenters. The van der Waals surface area contributed by atoms with Crippen molar-refractivity contribution in [3.63, 3.8) is 0 Å². The number of carboxylic acid groups (broad SMARTS) is 1. The van der Waals surface area contributed by atoms with Crippen LogP contribution in [0.25, 0.3) is 0 Å². The van der Waals surface area contributed by atoms with Crippen LogP contribution in [-0.2, 0) is 14.3 Å². The van der Waals surface area contributed by atoms with Gasteiger partial charge in [-0.3, -0.25) is 10.2 Å². The van der Waals surface area contributed by atoms with Gasteiger partial charge < -0.3 is 25.1 Å². The number of carbonyl (C=O) groups excluding carboxylic acids is 1. The lowest BCUT2D eigenvalue weighted by atomic mass is 9.86. The molecule has 0 heterocycles. The predicted molar refractivity (Wildman–Crippen MR) is 145 cm³/mol. The topological polar surface area (TPSA) is 120 Å². The van der Waals surface area contributed by atoms with E-state index in [1.165, 1.54) is 70.6 Å². The minimum atomic E-state index is -0.866. The maximum Gasteiger partial charge on any atom is 0.318 e. The van der Waals surface area contributed by atoms with Crippen LogP contribution in [-0.4, -0.2) is 68.5 Å². The van der Waals surface area contributed by atoms with E-state index in [-0.39, 0.29) is 24.7 Å². The van der Waals surface area contributed by atoms with Gasteiger partial charge in [-0.1, -0.05) is 78.1 Å². The van der Waals surface area contributed by atoms with Crippen LogP contribution in [0, 0.1) is 5.92 Å². The van der Waals surface area contributed by atoms with Crippen molar-refractivity contribution in [2.75, 3.05) is 33.8 Å². The molecule has 0 aliphatic heterocycles. The number of aliphatic hydroxyl groups excluding tert-OH is 1. The van der Waals surface area contributed by atoms with E-state index in [0.717, 1.165) is 32.3 Å². The third kappa shape index (κ3) is 29.1. The molecule has 0 amide bonds. The van der Waals surface area contributed by atoms with Crippen LogP contribution in [0.3, 0.4) is 0 Å². The molecule has 0 spiro atoms. The van der Waals surface area contributed by atoms with Crippen molar-refractivity contribution >= 4 is 12.3 Å². The van der Waals surface area contributed by atoms with Crippen molar-refractivity contribution in [3.05, 3.63) is 0 Å². The Bertz CT molecular complexity index is 451. The first-order valence-electron chi connectivity index (χ1n) is 14.0. The number of aliphatic hydroxyl groups is 1. The van der Waals surface area contributed by atoms with Crippen LogP contribution in [0.4, 0.5) is 0 Å². The Balaban J connectivity index is 0. The third-order valence-electron chi connectivity index (χ3n) is 5.92. The maximum absolute atomic E-state index is 10.8. The minimum absolute atomic E-state index is 0.0125. The fourth-order valence-electron chi connectivity index (χ4n) is 3.88. The molecule has 1 aliphatic rings. The lowest BCUT2D eigenvalue weighted by molar-refractivity contribution is -0.136. The largest absolute Gasteiger partial charge is 0.480 e. The van der Waals surface area contributed by atoms with Gasteiger partial charge in [0.05, 0.1) is 12.2 Å². The fraction of sp³-hybridized carbons (Fsp3) is 0.926. The average molecular weight is 504 g/mol. The quantitative estimate of drug-likeness (QED) is 0.0996. The van der Waals surface area contributed by atoms with Crippen molar-refractivity contribution in [1.82, 2.24) is 16.2 Å². The molecule has 1 aliphatic carbocycles. The van der Waals surface area contributed by atoms with Gasteiger partial charge in [-0.05, 0) is 52.7 Å². The highest BCUT2D eigenvalue weighted by atomic mass is 16.5. The van der Waals surface area contributed by atoms with Gasteiger partial charge in [0.25, 0.3) is 0 Å². The highest BCUT2D eigenvalue weighted by Crippen LogP contribution is 2.25. The van der Waals surface area contributed by atoms with E-state index in [1.54, 1.807) is 7.05 Å². The van der Waals surface area contributed by atoms with Gasteiger partial charge >= 0.3 is 5.97 Å². The number of carbonyl (C=O) groups is 2. The molecule has 1 rings (SSSR count). The molecule has 35 heavy (non-hydrogen) atoms.